The van der Waals surface area contributed by atoms with Crippen molar-refractivity contribution >= 4 is 47.4 Å². The molecule has 2 aromatic carbocycles. The third kappa shape index (κ3) is 6.56. The number of ether oxygens (including phenoxy) is 2. The van der Waals surface area contributed by atoms with E-state index < -0.39 is 56.2 Å². The summed E-state index contributed by atoms with van der Waals surface area (Å²) in [7, 11) is -4.16. The van der Waals surface area contributed by atoms with Crippen molar-refractivity contribution in [3.8, 4) is 0 Å². The zero-order valence-electron chi connectivity index (χ0n) is 24.6. The molecule has 2 unspecified atom stereocenters. The highest BCUT2D eigenvalue weighted by molar-refractivity contribution is 7.48. The van der Waals surface area contributed by atoms with Crippen LogP contribution in [0.5, 0.6) is 0 Å². The van der Waals surface area contributed by atoms with Gasteiger partial charge < -0.3 is 29.9 Å². The smallest absolute Gasteiger partial charge is 0.387 e. The van der Waals surface area contributed by atoms with Crippen LogP contribution in [0.1, 0.15) is 27.0 Å². The van der Waals surface area contributed by atoms with Crippen LogP contribution >= 0.6 is 7.82 Å². The number of aromatic nitrogens is 4. The van der Waals surface area contributed by atoms with Crippen molar-refractivity contribution in [1.82, 2.24) is 19.5 Å². The summed E-state index contributed by atoms with van der Waals surface area (Å²) in [5.74, 6) is -1.40. The fourth-order valence-corrected chi connectivity index (χ4v) is 5.82. The summed E-state index contributed by atoms with van der Waals surface area (Å²) >= 11 is 0. The van der Waals surface area contributed by atoms with Crippen molar-refractivity contribution in [1.29, 1.82) is 0 Å². The number of imidazole rings is 1. The highest BCUT2D eigenvalue weighted by atomic mass is 31.2. The van der Waals surface area contributed by atoms with Gasteiger partial charge in [-0.2, -0.15) is 4.98 Å². The fourth-order valence-electron chi connectivity index (χ4n) is 4.93. The van der Waals surface area contributed by atoms with E-state index in [0.717, 1.165) is 28.8 Å². The molecule has 7 atom stereocenters. The molecule has 1 aliphatic heterocycles. The first-order chi connectivity index (χ1) is 21.3. The number of carbonyl (C=O) groups is 1. The van der Waals surface area contributed by atoms with E-state index in [-0.39, 0.29) is 23.2 Å². The Balaban J connectivity index is 1.33. The van der Waals surface area contributed by atoms with Crippen molar-refractivity contribution in [2.75, 3.05) is 17.9 Å². The minimum atomic E-state index is -5.24. The Morgan fingerprint density at radius 2 is 1.87 bits per heavy atom. The number of nitrogens with zero attached hydrogens (tertiary/aromatic N) is 4. The predicted molar refractivity (Wildman–Crippen MR) is 158 cm³/mol. The minimum absolute atomic E-state index is 0.0573. The number of nitrogens with two attached hydrogens (primary N) is 1. The minimum Gasteiger partial charge on any atom is -0.387 e. The molecule has 0 bridgehead atoms. The number of aliphatic hydroxyl groups excluding tert-OH is 2. The van der Waals surface area contributed by atoms with E-state index in [9.17, 15) is 29.3 Å². The largest absolute Gasteiger partial charge is 0.532 e. The SMILES string of the molecule is COC(OP(=O)(O)OC(=O)[C@H](C)N(OC(C)C)c1cccc2ccccc12)[C@H]1O[C@@H](n2cnc3c(=O)[nH]c(N)nc32)[C@H](O)[C@@H]1O. The molecule has 3 heterocycles. The Bertz CT molecular complexity index is 1790. The van der Waals surface area contributed by atoms with Crippen molar-refractivity contribution in [2.24, 2.45) is 0 Å². The topological polar surface area (TPSA) is 234 Å². The zero-order chi connectivity index (χ0) is 32.6. The first kappa shape index (κ1) is 32.5. The zero-order valence-corrected chi connectivity index (χ0v) is 25.5. The first-order valence-electron chi connectivity index (χ1n) is 13.8. The number of nitrogens with one attached hydrogen (secondary N) is 1. The van der Waals surface area contributed by atoms with Crippen LogP contribution in [0, 0.1) is 0 Å². The first-order valence-corrected chi connectivity index (χ1v) is 15.3. The van der Waals surface area contributed by atoms with Gasteiger partial charge in [0.2, 0.25) is 5.95 Å². The molecule has 5 rings (SSSR count). The second-order valence-electron chi connectivity index (χ2n) is 10.5. The third-order valence-electron chi connectivity index (χ3n) is 6.96. The average Bonchev–Trinajstić information content (AvgIpc) is 3.54. The molecule has 18 heteroatoms. The fraction of sp³-hybridized carbons (Fsp3) is 0.407. The van der Waals surface area contributed by atoms with Gasteiger partial charge in [-0.3, -0.25) is 24.1 Å². The molecule has 0 aliphatic carbocycles. The van der Waals surface area contributed by atoms with Crippen molar-refractivity contribution in [3.05, 3.63) is 59.1 Å². The van der Waals surface area contributed by atoms with Crippen LogP contribution in [-0.4, -0.2) is 84.5 Å². The maximum atomic E-state index is 13.2. The second kappa shape index (κ2) is 12.8. The molecule has 6 N–H and O–H groups in total. The van der Waals surface area contributed by atoms with Gasteiger partial charge in [0, 0.05) is 12.5 Å². The Morgan fingerprint density at radius 1 is 1.16 bits per heavy atom. The maximum absolute atomic E-state index is 13.2. The highest BCUT2D eigenvalue weighted by Gasteiger charge is 2.51. The van der Waals surface area contributed by atoms with E-state index in [1.165, 1.54) is 12.0 Å². The summed E-state index contributed by atoms with van der Waals surface area (Å²) in [5.41, 5.74) is 5.33. The number of carbonyl (C=O) groups excluding carboxylic acids is 1. The number of aromatic amines is 1. The predicted octanol–water partition coefficient (Wildman–Crippen LogP) is 1.34. The van der Waals surface area contributed by atoms with E-state index in [2.05, 4.69) is 15.0 Å². The van der Waals surface area contributed by atoms with E-state index in [0.29, 0.717) is 5.69 Å². The molecule has 1 aliphatic rings. The Morgan fingerprint density at radius 3 is 2.58 bits per heavy atom. The lowest BCUT2D eigenvalue weighted by Crippen LogP contribution is -2.42. The summed E-state index contributed by atoms with van der Waals surface area (Å²) in [4.78, 5) is 52.1. The number of hydroxylamine groups is 1. The van der Waals surface area contributed by atoms with E-state index in [4.69, 9.17) is 29.1 Å². The number of methoxy groups -OCH3 is 1. The molecule has 17 nitrogen and oxygen atoms in total. The van der Waals surface area contributed by atoms with E-state index in [1.807, 2.05) is 30.3 Å². The highest BCUT2D eigenvalue weighted by Crippen LogP contribution is 2.48. The number of aliphatic hydroxyl groups is 2. The van der Waals surface area contributed by atoms with Gasteiger partial charge in [-0.1, -0.05) is 36.4 Å². The van der Waals surface area contributed by atoms with Crippen LogP contribution in [0.2, 0.25) is 0 Å². The number of benzene rings is 2. The van der Waals surface area contributed by atoms with Gasteiger partial charge in [-0.25, -0.2) is 23.9 Å². The number of hydrogen-bond donors (Lipinski definition) is 5. The van der Waals surface area contributed by atoms with Gasteiger partial charge in [-0.05, 0) is 32.2 Å². The molecule has 0 amide bonds. The van der Waals surface area contributed by atoms with Gasteiger partial charge in [0.25, 0.3) is 5.56 Å². The molecule has 242 valence electrons. The summed E-state index contributed by atoms with van der Waals surface area (Å²) < 4.78 is 35.1. The summed E-state index contributed by atoms with van der Waals surface area (Å²) in [6.07, 6.45) is -7.46. The third-order valence-corrected chi connectivity index (χ3v) is 7.85. The number of hydrogen-bond acceptors (Lipinski definition) is 14. The standard InChI is InChI=1S/C27H33N6O11P/c1-13(2)42-33(17-11-7-9-15-8-5-6-10-16(15)17)14(3)25(37)43-45(38,39)44-26(40-4)21-19(34)20(35)24(41-21)32-12-29-18-22(32)30-27(28)31-23(18)36/h5-14,19-21,24,26,34-35H,1-4H3,(H,38,39)(H3,28,30,31,36)/t14-,19-,20+,21-,24+,26?/m0/s1. The van der Waals surface area contributed by atoms with Crippen LogP contribution in [0.4, 0.5) is 11.6 Å². The molecule has 2 aromatic heterocycles. The van der Waals surface area contributed by atoms with Crippen LogP contribution in [0.3, 0.4) is 0 Å². The van der Waals surface area contributed by atoms with Gasteiger partial charge in [0.05, 0.1) is 18.1 Å². The molecule has 0 spiro atoms. The normalized spacial score (nSPS) is 22.8. The van der Waals surface area contributed by atoms with Gasteiger partial charge in [-0.15, -0.1) is 0 Å². The summed E-state index contributed by atoms with van der Waals surface area (Å²) in [5, 5.41) is 24.4. The number of anilines is 2. The second-order valence-corrected chi connectivity index (χ2v) is 11.8. The van der Waals surface area contributed by atoms with Gasteiger partial charge >= 0.3 is 13.8 Å². The molecule has 1 saturated heterocycles. The molecule has 4 aromatic rings. The monoisotopic (exact) mass is 648 g/mol. The number of nitrogen functional groups attached to an aromatic ring is 1. The van der Waals surface area contributed by atoms with E-state index >= 15 is 0 Å². The van der Waals surface area contributed by atoms with Crippen LogP contribution in [0.25, 0.3) is 21.9 Å². The lowest BCUT2D eigenvalue weighted by Gasteiger charge is -2.32. The quantitative estimate of drug-likeness (QED) is 0.0877. The summed E-state index contributed by atoms with van der Waals surface area (Å²) in [6.45, 7) is 4.93. The molecule has 0 saturated carbocycles. The van der Waals surface area contributed by atoms with Gasteiger partial charge in [0.15, 0.2) is 29.7 Å². The average molecular weight is 649 g/mol. The molecular weight excluding hydrogens is 615 g/mol. The van der Waals surface area contributed by atoms with Crippen LogP contribution < -0.4 is 16.4 Å². The molecule has 45 heavy (non-hydrogen) atoms. The number of phosphoric acid groups is 1. The van der Waals surface area contributed by atoms with Gasteiger partial charge in [0.1, 0.15) is 18.3 Å². The van der Waals surface area contributed by atoms with Crippen LogP contribution in [-0.2, 0) is 32.7 Å². The number of H-pyrrole nitrogens is 1. The summed E-state index contributed by atoms with van der Waals surface area (Å²) in [6, 6.07) is 11.6. The number of phosphoric ester groups is 1. The van der Waals surface area contributed by atoms with Crippen molar-refractivity contribution in [2.45, 2.75) is 63.7 Å². The number of fused-ring (bicyclic) bond motifs is 2. The lowest BCUT2D eigenvalue weighted by atomic mass is 10.1. The van der Waals surface area contributed by atoms with Crippen molar-refractivity contribution in [3.63, 3.8) is 0 Å². The van der Waals surface area contributed by atoms with Crippen LogP contribution in [0.15, 0.2) is 53.6 Å². The number of rotatable bonds is 11. The maximum Gasteiger partial charge on any atom is 0.532 e. The molecule has 1 fully saturated rings. The molecular formula is C27H33N6O11P. The van der Waals surface area contributed by atoms with Crippen molar-refractivity contribution < 1.29 is 47.8 Å². The Labute approximate surface area is 255 Å². The van der Waals surface area contributed by atoms with E-state index in [1.54, 1.807) is 26.0 Å². The Hall–Kier alpha value is -3.93. The lowest BCUT2D eigenvalue weighted by molar-refractivity contribution is -0.178. The molecule has 0 radical (unpaired) electrons. The Kier molecular flexibility index (Phi) is 9.25.